The number of carbonyl (C=O) groups is 1. The molecule has 4 heteroatoms. The molecule has 19 heavy (non-hydrogen) atoms. The molecular weight excluding hydrogens is 240 g/mol. The Labute approximate surface area is 117 Å². The molecule has 1 rings (SSSR count). The van der Waals surface area contributed by atoms with Crippen LogP contribution in [-0.2, 0) is 9.53 Å². The molecule has 0 aliphatic carbocycles. The van der Waals surface area contributed by atoms with Crippen molar-refractivity contribution >= 4 is 5.91 Å². The van der Waals surface area contributed by atoms with Gasteiger partial charge in [-0.1, -0.05) is 27.7 Å². The van der Waals surface area contributed by atoms with Crippen molar-refractivity contribution in [2.24, 2.45) is 17.1 Å². The minimum Gasteiger partial charge on any atom is -0.373 e. The maximum absolute atomic E-state index is 12.4. The van der Waals surface area contributed by atoms with Crippen LogP contribution in [-0.4, -0.2) is 42.6 Å². The Hall–Kier alpha value is -0.610. The molecule has 0 aromatic rings. The third kappa shape index (κ3) is 5.49. The molecule has 4 nitrogen and oxygen atoms in total. The first-order valence-corrected chi connectivity index (χ1v) is 7.34. The summed E-state index contributed by atoms with van der Waals surface area (Å²) in [4.78, 5) is 14.3. The van der Waals surface area contributed by atoms with E-state index in [9.17, 15) is 4.79 Å². The van der Waals surface area contributed by atoms with E-state index in [2.05, 4.69) is 27.7 Å². The summed E-state index contributed by atoms with van der Waals surface area (Å²) >= 11 is 0. The molecule has 2 N–H and O–H groups in total. The summed E-state index contributed by atoms with van der Waals surface area (Å²) in [7, 11) is 0. The van der Waals surface area contributed by atoms with E-state index in [4.69, 9.17) is 10.5 Å². The predicted molar refractivity (Wildman–Crippen MR) is 77.8 cm³/mol. The fraction of sp³-hybridized carbons (Fsp3) is 0.933. The molecule has 3 unspecified atom stereocenters. The minimum atomic E-state index is -0.00178. The van der Waals surface area contributed by atoms with Gasteiger partial charge in [0.1, 0.15) is 0 Å². The number of hydrogen-bond acceptors (Lipinski definition) is 3. The molecule has 1 amide bonds. The Morgan fingerprint density at radius 2 is 2.11 bits per heavy atom. The molecule has 0 aromatic heterocycles. The fourth-order valence-corrected chi connectivity index (χ4v) is 2.84. The smallest absolute Gasteiger partial charge is 0.223 e. The summed E-state index contributed by atoms with van der Waals surface area (Å²) in [6.45, 7) is 12.6. The van der Waals surface area contributed by atoms with Gasteiger partial charge in [0.2, 0.25) is 5.91 Å². The van der Waals surface area contributed by atoms with Crippen molar-refractivity contribution in [2.75, 3.05) is 19.7 Å². The lowest BCUT2D eigenvalue weighted by Gasteiger charge is -2.38. The van der Waals surface area contributed by atoms with E-state index in [1.54, 1.807) is 0 Å². The monoisotopic (exact) mass is 270 g/mol. The van der Waals surface area contributed by atoms with Crippen molar-refractivity contribution in [1.82, 2.24) is 4.90 Å². The molecule has 0 aromatic carbocycles. The fourth-order valence-electron chi connectivity index (χ4n) is 2.84. The zero-order valence-electron chi connectivity index (χ0n) is 13.1. The third-order valence-corrected chi connectivity index (χ3v) is 3.57. The van der Waals surface area contributed by atoms with Gasteiger partial charge in [-0.3, -0.25) is 4.79 Å². The minimum absolute atomic E-state index is 0.00178. The second-order valence-corrected chi connectivity index (χ2v) is 7.16. The molecule has 112 valence electrons. The highest BCUT2D eigenvalue weighted by Gasteiger charge is 2.30. The molecule has 3 atom stereocenters. The van der Waals surface area contributed by atoms with Crippen molar-refractivity contribution in [3.05, 3.63) is 0 Å². The molecule has 0 bridgehead atoms. The number of carbonyl (C=O) groups excluding carboxylic acids is 1. The van der Waals surface area contributed by atoms with E-state index < -0.39 is 0 Å². The van der Waals surface area contributed by atoms with Gasteiger partial charge >= 0.3 is 0 Å². The number of nitrogens with two attached hydrogens (primary N) is 1. The zero-order chi connectivity index (χ0) is 14.6. The zero-order valence-corrected chi connectivity index (χ0v) is 13.1. The number of hydrogen-bond donors (Lipinski definition) is 1. The SMILES string of the molecule is CC(CC(=O)N1CC(CN)OCC1C)CC(C)(C)C. The quantitative estimate of drug-likeness (QED) is 0.850. The Morgan fingerprint density at radius 1 is 1.47 bits per heavy atom. The summed E-state index contributed by atoms with van der Waals surface area (Å²) in [6.07, 6.45) is 1.69. The van der Waals surface area contributed by atoms with Crippen LogP contribution in [0.5, 0.6) is 0 Å². The van der Waals surface area contributed by atoms with Crippen LogP contribution < -0.4 is 5.73 Å². The molecule has 1 saturated heterocycles. The highest BCUT2D eigenvalue weighted by Crippen LogP contribution is 2.27. The Balaban J connectivity index is 2.51. The predicted octanol–water partition coefficient (Wildman–Crippen LogP) is 2.02. The summed E-state index contributed by atoms with van der Waals surface area (Å²) in [5, 5.41) is 0. The Morgan fingerprint density at radius 3 is 2.63 bits per heavy atom. The van der Waals surface area contributed by atoms with Crippen LogP contribution in [0.2, 0.25) is 0 Å². The van der Waals surface area contributed by atoms with E-state index >= 15 is 0 Å². The molecular formula is C15H30N2O2. The first-order valence-electron chi connectivity index (χ1n) is 7.34. The summed E-state index contributed by atoms with van der Waals surface area (Å²) < 4.78 is 5.59. The van der Waals surface area contributed by atoms with Crippen LogP contribution in [0.25, 0.3) is 0 Å². The average molecular weight is 270 g/mol. The highest BCUT2D eigenvalue weighted by molar-refractivity contribution is 5.76. The Bertz CT molecular complexity index is 299. The van der Waals surface area contributed by atoms with Crippen LogP contribution >= 0.6 is 0 Å². The first kappa shape index (κ1) is 16.4. The van der Waals surface area contributed by atoms with E-state index in [-0.39, 0.29) is 23.5 Å². The normalized spacial score (nSPS) is 26.3. The van der Waals surface area contributed by atoms with Crippen LogP contribution in [0.3, 0.4) is 0 Å². The van der Waals surface area contributed by atoms with Gasteiger partial charge in [0, 0.05) is 19.5 Å². The van der Waals surface area contributed by atoms with Gasteiger partial charge < -0.3 is 15.4 Å². The Kier molecular flexibility index (Phi) is 5.81. The van der Waals surface area contributed by atoms with Crippen molar-refractivity contribution in [3.63, 3.8) is 0 Å². The van der Waals surface area contributed by atoms with E-state index in [0.29, 0.717) is 32.0 Å². The average Bonchev–Trinajstić information content (AvgIpc) is 2.26. The van der Waals surface area contributed by atoms with Gasteiger partial charge in [-0.15, -0.1) is 0 Å². The number of morpholine rings is 1. The molecule has 0 radical (unpaired) electrons. The van der Waals surface area contributed by atoms with Crippen molar-refractivity contribution < 1.29 is 9.53 Å². The lowest BCUT2D eigenvalue weighted by Crippen LogP contribution is -2.53. The molecule has 0 spiro atoms. The molecule has 1 aliphatic rings. The number of amides is 1. The highest BCUT2D eigenvalue weighted by atomic mass is 16.5. The molecule has 1 heterocycles. The maximum atomic E-state index is 12.4. The molecule has 1 aliphatic heterocycles. The van der Waals surface area contributed by atoms with E-state index in [0.717, 1.165) is 6.42 Å². The number of ether oxygens (including phenoxy) is 1. The van der Waals surface area contributed by atoms with Gasteiger partial charge in [0.15, 0.2) is 0 Å². The summed E-state index contributed by atoms with van der Waals surface area (Å²) in [6, 6.07) is 0.164. The number of rotatable bonds is 4. The second-order valence-electron chi connectivity index (χ2n) is 7.16. The van der Waals surface area contributed by atoms with Crippen molar-refractivity contribution in [2.45, 2.75) is 59.6 Å². The molecule has 1 fully saturated rings. The lowest BCUT2D eigenvalue weighted by atomic mass is 9.84. The third-order valence-electron chi connectivity index (χ3n) is 3.57. The van der Waals surface area contributed by atoms with Crippen molar-refractivity contribution in [3.8, 4) is 0 Å². The van der Waals surface area contributed by atoms with Crippen LogP contribution in [0.1, 0.15) is 47.5 Å². The standard InChI is InChI=1S/C15H30N2O2/c1-11(7-15(3,4)5)6-14(18)17-9-13(8-16)19-10-12(17)2/h11-13H,6-10,16H2,1-5H3. The van der Waals surface area contributed by atoms with Crippen molar-refractivity contribution in [1.29, 1.82) is 0 Å². The van der Waals surface area contributed by atoms with Gasteiger partial charge in [0.05, 0.1) is 18.8 Å². The van der Waals surface area contributed by atoms with Gasteiger partial charge in [-0.25, -0.2) is 0 Å². The van der Waals surface area contributed by atoms with Crippen LogP contribution in [0, 0.1) is 11.3 Å². The molecule has 0 saturated carbocycles. The largest absolute Gasteiger partial charge is 0.373 e. The summed E-state index contributed by atoms with van der Waals surface area (Å²) in [5.41, 5.74) is 5.91. The maximum Gasteiger partial charge on any atom is 0.223 e. The summed E-state index contributed by atoms with van der Waals surface area (Å²) in [5.74, 6) is 0.657. The van der Waals surface area contributed by atoms with Crippen LogP contribution in [0.4, 0.5) is 0 Å². The lowest BCUT2D eigenvalue weighted by molar-refractivity contribution is -0.144. The van der Waals surface area contributed by atoms with E-state index in [1.807, 2.05) is 11.8 Å². The van der Waals surface area contributed by atoms with E-state index in [1.165, 1.54) is 0 Å². The number of nitrogens with zero attached hydrogens (tertiary/aromatic N) is 1. The van der Waals surface area contributed by atoms with Gasteiger partial charge in [-0.2, -0.15) is 0 Å². The van der Waals surface area contributed by atoms with Gasteiger partial charge in [-0.05, 0) is 24.7 Å². The van der Waals surface area contributed by atoms with Gasteiger partial charge in [0.25, 0.3) is 0 Å². The first-order chi connectivity index (χ1) is 8.73. The second kappa shape index (κ2) is 6.71. The van der Waals surface area contributed by atoms with Crippen LogP contribution in [0.15, 0.2) is 0 Å². The topological polar surface area (TPSA) is 55.6 Å².